The van der Waals surface area contributed by atoms with E-state index in [1.165, 1.54) is 0 Å². The van der Waals surface area contributed by atoms with Crippen molar-refractivity contribution in [3.05, 3.63) is 29.0 Å². The maximum atomic E-state index is 5.64. The van der Waals surface area contributed by atoms with E-state index in [1.807, 2.05) is 19.2 Å². The highest BCUT2D eigenvalue weighted by atomic mass is 35.5. The minimum absolute atomic E-state index is 0.419. The van der Waals surface area contributed by atoms with Crippen molar-refractivity contribution >= 4 is 28.4 Å². The molecule has 0 aliphatic heterocycles. The number of halogens is 1. The van der Waals surface area contributed by atoms with Crippen LogP contribution in [0.3, 0.4) is 0 Å². The monoisotopic (exact) mass is 230 g/mol. The highest BCUT2D eigenvalue weighted by Crippen LogP contribution is 2.07. The second-order valence-corrected chi connectivity index (χ2v) is 3.96. The van der Waals surface area contributed by atoms with Crippen molar-refractivity contribution in [2.24, 2.45) is 5.16 Å². The zero-order chi connectivity index (χ0) is 10.4. The molecule has 0 aliphatic rings. The van der Waals surface area contributed by atoms with Crippen LogP contribution in [0.5, 0.6) is 0 Å². The zero-order valence-electron chi connectivity index (χ0n) is 8.03. The maximum Gasteiger partial charge on any atom is 0.143 e. The van der Waals surface area contributed by atoms with Crippen molar-refractivity contribution in [1.29, 1.82) is 0 Å². The lowest BCUT2D eigenvalue weighted by molar-refractivity contribution is 0.131. The lowest BCUT2D eigenvalue weighted by Gasteiger charge is -2.00. The molecule has 0 amide bonds. The van der Waals surface area contributed by atoms with Gasteiger partial charge < -0.3 is 4.84 Å². The average molecular weight is 231 g/mol. The molecule has 0 spiro atoms. The molecule has 0 saturated carbocycles. The highest BCUT2D eigenvalue weighted by Gasteiger charge is 1.94. The Labute approximate surface area is 92.5 Å². The molecule has 76 valence electrons. The van der Waals surface area contributed by atoms with Crippen LogP contribution in [0.1, 0.15) is 12.5 Å². The van der Waals surface area contributed by atoms with E-state index in [0.29, 0.717) is 11.8 Å². The molecule has 0 bridgehead atoms. The Morgan fingerprint density at radius 3 is 3.00 bits per heavy atom. The van der Waals surface area contributed by atoms with E-state index in [-0.39, 0.29) is 0 Å². The van der Waals surface area contributed by atoms with Crippen LogP contribution < -0.4 is 0 Å². The molecule has 3 nitrogen and oxygen atoms in total. The summed E-state index contributed by atoms with van der Waals surface area (Å²) in [5, 5.41) is 5.26. The Morgan fingerprint density at radius 2 is 2.43 bits per heavy atom. The molecular formula is C9H11ClN2OS. The Bertz CT molecular complexity index is 313. The average Bonchev–Trinajstić information content (AvgIpc) is 2.21. The van der Waals surface area contributed by atoms with Crippen LogP contribution in [0.25, 0.3) is 0 Å². The van der Waals surface area contributed by atoms with Crippen LogP contribution in [-0.2, 0) is 11.4 Å². The second kappa shape index (κ2) is 5.88. The molecule has 0 unspecified atom stereocenters. The molecule has 0 fully saturated rings. The number of aromatic nitrogens is 1. The lowest BCUT2D eigenvalue weighted by Crippen LogP contribution is -1.90. The molecule has 0 aromatic carbocycles. The molecular weight excluding hydrogens is 220 g/mol. The Hall–Kier alpha value is -0.740. The Kier molecular flexibility index (Phi) is 4.76. The number of rotatable bonds is 3. The highest BCUT2D eigenvalue weighted by molar-refractivity contribution is 8.13. The maximum absolute atomic E-state index is 5.64. The smallest absolute Gasteiger partial charge is 0.143 e. The number of oxime groups is 1. The first-order valence-electron chi connectivity index (χ1n) is 4.03. The van der Waals surface area contributed by atoms with Crippen LogP contribution in [0.2, 0.25) is 5.15 Å². The summed E-state index contributed by atoms with van der Waals surface area (Å²) >= 11 is 7.19. The van der Waals surface area contributed by atoms with E-state index in [0.717, 1.165) is 10.6 Å². The van der Waals surface area contributed by atoms with E-state index in [1.54, 1.807) is 24.0 Å². The first-order valence-corrected chi connectivity index (χ1v) is 5.63. The Morgan fingerprint density at radius 1 is 1.64 bits per heavy atom. The van der Waals surface area contributed by atoms with Crippen molar-refractivity contribution in [3.63, 3.8) is 0 Å². The van der Waals surface area contributed by atoms with E-state index < -0.39 is 0 Å². The van der Waals surface area contributed by atoms with Gasteiger partial charge in [0.25, 0.3) is 0 Å². The van der Waals surface area contributed by atoms with Crippen molar-refractivity contribution < 1.29 is 4.84 Å². The molecule has 14 heavy (non-hydrogen) atoms. The SMILES string of the molecule is CS/C(C)=N/OCc1ccc(Cl)nc1. The second-order valence-electron chi connectivity index (χ2n) is 2.58. The summed E-state index contributed by atoms with van der Waals surface area (Å²) in [4.78, 5) is 9.03. The number of hydrogen-bond donors (Lipinski definition) is 0. The minimum atomic E-state index is 0.419. The van der Waals surface area contributed by atoms with E-state index >= 15 is 0 Å². The predicted octanol–water partition coefficient (Wildman–Crippen LogP) is 2.95. The molecule has 1 aromatic heterocycles. The predicted molar refractivity (Wildman–Crippen MR) is 60.7 cm³/mol. The van der Waals surface area contributed by atoms with Crippen molar-refractivity contribution in [2.75, 3.05) is 6.26 Å². The molecule has 0 saturated heterocycles. The Balaban J connectivity index is 2.42. The summed E-state index contributed by atoms with van der Waals surface area (Å²) in [6.07, 6.45) is 3.62. The van der Waals surface area contributed by atoms with E-state index in [2.05, 4.69) is 10.1 Å². The zero-order valence-corrected chi connectivity index (χ0v) is 9.60. The van der Waals surface area contributed by atoms with Gasteiger partial charge in [-0.1, -0.05) is 22.8 Å². The summed E-state index contributed by atoms with van der Waals surface area (Å²) in [5.74, 6) is 0. The fourth-order valence-electron chi connectivity index (χ4n) is 0.727. The third-order valence-electron chi connectivity index (χ3n) is 1.51. The molecule has 0 atom stereocenters. The summed E-state index contributed by atoms with van der Waals surface area (Å²) in [5.41, 5.74) is 0.951. The summed E-state index contributed by atoms with van der Waals surface area (Å²) in [6.45, 7) is 2.31. The summed E-state index contributed by atoms with van der Waals surface area (Å²) in [7, 11) is 0. The summed E-state index contributed by atoms with van der Waals surface area (Å²) < 4.78 is 0. The van der Waals surface area contributed by atoms with Crippen LogP contribution in [0.4, 0.5) is 0 Å². The molecule has 1 rings (SSSR count). The van der Waals surface area contributed by atoms with Crippen molar-refractivity contribution in [1.82, 2.24) is 4.98 Å². The molecule has 0 aliphatic carbocycles. The summed E-state index contributed by atoms with van der Waals surface area (Å²) in [6, 6.07) is 3.59. The van der Waals surface area contributed by atoms with E-state index in [9.17, 15) is 0 Å². The van der Waals surface area contributed by atoms with Crippen LogP contribution in [-0.4, -0.2) is 16.3 Å². The standard InChI is InChI=1S/C9H11ClN2OS/c1-7(14-2)12-13-6-8-3-4-9(10)11-5-8/h3-5H,6H2,1-2H3/b12-7+. The van der Waals surface area contributed by atoms with Gasteiger partial charge in [0.15, 0.2) is 0 Å². The van der Waals surface area contributed by atoms with Gasteiger partial charge in [0.1, 0.15) is 16.8 Å². The number of hydrogen-bond acceptors (Lipinski definition) is 4. The first kappa shape index (κ1) is 11.3. The number of pyridine rings is 1. The van der Waals surface area contributed by atoms with E-state index in [4.69, 9.17) is 16.4 Å². The van der Waals surface area contributed by atoms with Gasteiger partial charge in [0.05, 0.1) is 0 Å². The molecule has 0 N–H and O–H groups in total. The van der Waals surface area contributed by atoms with Gasteiger partial charge in [-0.25, -0.2) is 4.98 Å². The minimum Gasteiger partial charge on any atom is -0.390 e. The van der Waals surface area contributed by atoms with Gasteiger partial charge in [-0.3, -0.25) is 0 Å². The van der Waals surface area contributed by atoms with Gasteiger partial charge in [-0.2, -0.15) is 0 Å². The first-order chi connectivity index (χ1) is 6.72. The molecule has 0 radical (unpaired) electrons. The van der Waals surface area contributed by atoms with Crippen LogP contribution >= 0.6 is 23.4 Å². The largest absolute Gasteiger partial charge is 0.390 e. The number of nitrogens with zero attached hydrogens (tertiary/aromatic N) is 2. The van der Waals surface area contributed by atoms with Crippen LogP contribution in [0, 0.1) is 0 Å². The topological polar surface area (TPSA) is 34.5 Å². The van der Waals surface area contributed by atoms with Gasteiger partial charge in [-0.05, 0) is 19.2 Å². The van der Waals surface area contributed by atoms with Gasteiger partial charge >= 0.3 is 0 Å². The van der Waals surface area contributed by atoms with Crippen LogP contribution in [0.15, 0.2) is 23.5 Å². The lowest BCUT2D eigenvalue weighted by atomic mass is 10.3. The molecule has 1 heterocycles. The van der Waals surface area contributed by atoms with Gasteiger partial charge in [0, 0.05) is 11.8 Å². The van der Waals surface area contributed by atoms with Crippen molar-refractivity contribution in [2.45, 2.75) is 13.5 Å². The molecule has 5 heteroatoms. The van der Waals surface area contributed by atoms with Crippen molar-refractivity contribution in [3.8, 4) is 0 Å². The fourth-order valence-corrected chi connectivity index (χ4v) is 0.966. The number of thioether (sulfide) groups is 1. The molecule has 1 aromatic rings. The van der Waals surface area contributed by atoms with Gasteiger partial charge in [0.2, 0.25) is 0 Å². The quantitative estimate of drug-likeness (QED) is 0.347. The fraction of sp³-hybridized carbons (Fsp3) is 0.333. The third kappa shape index (κ3) is 3.98. The normalized spacial score (nSPS) is 11.5. The third-order valence-corrected chi connectivity index (χ3v) is 2.40. The van der Waals surface area contributed by atoms with Gasteiger partial charge in [-0.15, -0.1) is 11.8 Å².